The molecule has 2 aromatic rings. The van der Waals surface area contributed by atoms with Crippen molar-refractivity contribution >= 4 is 27.3 Å². The number of rotatable bonds is 6. The number of carbonyl (C=O) groups excluding carboxylic acids is 1. The summed E-state index contributed by atoms with van der Waals surface area (Å²) >= 11 is 1.29. The molecule has 2 rings (SSSR count). The lowest BCUT2D eigenvalue weighted by molar-refractivity contribution is 0.0947. The zero-order valence-electron chi connectivity index (χ0n) is 11.4. The van der Waals surface area contributed by atoms with Crippen LogP contribution in [0, 0.1) is 11.7 Å². The number of hydrogen-bond donors (Lipinski definition) is 2. The highest BCUT2D eigenvalue weighted by Crippen LogP contribution is 2.27. The molecule has 1 aromatic carbocycles. The molecule has 0 bridgehead atoms. The number of halogens is 1. The van der Waals surface area contributed by atoms with Gasteiger partial charge in [-0.25, -0.2) is 4.39 Å². The molecule has 0 spiro atoms. The highest BCUT2D eigenvalue weighted by atomic mass is 32.1. The Hall–Kier alpha value is -1.46. The molecule has 0 aliphatic rings. The van der Waals surface area contributed by atoms with Gasteiger partial charge in [0.25, 0.3) is 5.91 Å². The second-order valence-electron chi connectivity index (χ2n) is 4.76. The van der Waals surface area contributed by atoms with Crippen LogP contribution in [0.4, 0.5) is 4.39 Å². The molecular weight excluding hydrogens is 277 g/mol. The molecule has 0 aliphatic heterocycles. The largest absolute Gasteiger partial charge is 0.396 e. The fraction of sp³-hybridized carbons (Fsp3) is 0.400. The Morgan fingerprint density at radius 2 is 2.30 bits per heavy atom. The second-order valence-corrected chi connectivity index (χ2v) is 5.84. The SMILES string of the molecule is CCC(CCO)CNC(=O)c1cc2c(F)cccc2s1. The van der Waals surface area contributed by atoms with Crippen LogP contribution in [0.3, 0.4) is 0 Å². The van der Waals surface area contributed by atoms with Gasteiger partial charge in [0.2, 0.25) is 0 Å². The number of nitrogens with one attached hydrogen (secondary N) is 1. The maximum absolute atomic E-state index is 13.6. The first-order chi connectivity index (χ1) is 9.65. The summed E-state index contributed by atoms with van der Waals surface area (Å²) in [5.41, 5.74) is 0. The van der Waals surface area contributed by atoms with Gasteiger partial charge in [-0.2, -0.15) is 0 Å². The van der Waals surface area contributed by atoms with Gasteiger partial charge in [-0.3, -0.25) is 4.79 Å². The van der Waals surface area contributed by atoms with Crippen molar-refractivity contribution in [2.75, 3.05) is 13.2 Å². The zero-order valence-corrected chi connectivity index (χ0v) is 12.2. The van der Waals surface area contributed by atoms with E-state index < -0.39 is 0 Å². The molecule has 1 heterocycles. The van der Waals surface area contributed by atoms with Gasteiger partial charge in [-0.05, 0) is 30.5 Å². The summed E-state index contributed by atoms with van der Waals surface area (Å²) in [6.07, 6.45) is 1.58. The van der Waals surface area contributed by atoms with Gasteiger partial charge in [0.05, 0.1) is 4.88 Å². The first-order valence-electron chi connectivity index (χ1n) is 6.72. The molecule has 108 valence electrons. The summed E-state index contributed by atoms with van der Waals surface area (Å²) < 4.78 is 14.4. The van der Waals surface area contributed by atoms with Crippen molar-refractivity contribution in [3.8, 4) is 0 Å². The molecule has 3 nitrogen and oxygen atoms in total. The summed E-state index contributed by atoms with van der Waals surface area (Å²) in [7, 11) is 0. The van der Waals surface area contributed by atoms with Crippen LogP contribution in [-0.2, 0) is 0 Å². The van der Waals surface area contributed by atoms with Gasteiger partial charge in [-0.15, -0.1) is 11.3 Å². The number of amides is 1. The normalized spacial score (nSPS) is 12.6. The predicted molar refractivity (Wildman–Crippen MR) is 79.6 cm³/mol. The first-order valence-corrected chi connectivity index (χ1v) is 7.54. The lowest BCUT2D eigenvalue weighted by atomic mass is 10.0. The minimum atomic E-state index is -0.301. The van der Waals surface area contributed by atoms with Gasteiger partial charge in [-0.1, -0.05) is 19.4 Å². The fourth-order valence-electron chi connectivity index (χ4n) is 2.09. The molecule has 0 fully saturated rings. The van der Waals surface area contributed by atoms with Crippen LogP contribution in [-0.4, -0.2) is 24.2 Å². The van der Waals surface area contributed by atoms with E-state index in [1.165, 1.54) is 17.4 Å². The third-order valence-corrected chi connectivity index (χ3v) is 4.50. The summed E-state index contributed by atoms with van der Waals surface area (Å²) in [6, 6.07) is 6.44. The van der Waals surface area contributed by atoms with Crippen LogP contribution < -0.4 is 5.32 Å². The van der Waals surface area contributed by atoms with E-state index in [9.17, 15) is 9.18 Å². The molecule has 1 atom stereocenters. The van der Waals surface area contributed by atoms with E-state index in [1.807, 2.05) is 6.92 Å². The van der Waals surface area contributed by atoms with Crippen molar-refractivity contribution in [3.05, 3.63) is 35.0 Å². The first kappa shape index (κ1) is 14.9. The molecule has 0 saturated heterocycles. The fourth-order valence-corrected chi connectivity index (χ4v) is 3.09. The molecule has 0 aliphatic carbocycles. The number of aliphatic hydroxyl groups excluding tert-OH is 1. The van der Waals surface area contributed by atoms with Crippen LogP contribution in [0.1, 0.15) is 29.4 Å². The van der Waals surface area contributed by atoms with Crippen molar-refractivity contribution in [2.45, 2.75) is 19.8 Å². The van der Waals surface area contributed by atoms with E-state index in [-0.39, 0.29) is 24.2 Å². The topological polar surface area (TPSA) is 49.3 Å². The molecule has 2 N–H and O–H groups in total. The Labute approximate surface area is 121 Å². The third-order valence-electron chi connectivity index (χ3n) is 3.40. The van der Waals surface area contributed by atoms with Crippen molar-refractivity contribution < 1.29 is 14.3 Å². The van der Waals surface area contributed by atoms with Crippen molar-refractivity contribution in [3.63, 3.8) is 0 Å². The third kappa shape index (κ3) is 3.35. The van der Waals surface area contributed by atoms with Gasteiger partial charge < -0.3 is 10.4 Å². The number of aliphatic hydroxyl groups is 1. The Kier molecular flexibility index (Phi) is 5.09. The van der Waals surface area contributed by atoms with Gasteiger partial charge in [0.1, 0.15) is 5.82 Å². The van der Waals surface area contributed by atoms with Crippen LogP contribution >= 0.6 is 11.3 Å². The molecule has 1 aromatic heterocycles. The lowest BCUT2D eigenvalue weighted by Gasteiger charge is -2.13. The highest BCUT2D eigenvalue weighted by molar-refractivity contribution is 7.20. The summed E-state index contributed by atoms with van der Waals surface area (Å²) in [5, 5.41) is 12.3. The number of carbonyl (C=O) groups is 1. The minimum Gasteiger partial charge on any atom is -0.396 e. The Morgan fingerprint density at radius 1 is 1.50 bits per heavy atom. The van der Waals surface area contributed by atoms with E-state index in [0.717, 1.165) is 11.1 Å². The average molecular weight is 295 g/mol. The van der Waals surface area contributed by atoms with E-state index in [0.29, 0.717) is 23.2 Å². The van der Waals surface area contributed by atoms with Gasteiger partial charge >= 0.3 is 0 Å². The zero-order chi connectivity index (χ0) is 14.5. The maximum Gasteiger partial charge on any atom is 0.261 e. The van der Waals surface area contributed by atoms with Crippen molar-refractivity contribution in [1.82, 2.24) is 5.32 Å². The molecule has 0 radical (unpaired) electrons. The molecule has 5 heteroatoms. The number of benzene rings is 1. The van der Waals surface area contributed by atoms with E-state index in [1.54, 1.807) is 18.2 Å². The van der Waals surface area contributed by atoms with Crippen molar-refractivity contribution in [2.24, 2.45) is 5.92 Å². The number of fused-ring (bicyclic) bond motifs is 1. The Morgan fingerprint density at radius 3 is 2.95 bits per heavy atom. The molecule has 1 amide bonds. The molecular formula is C15H18FNO2S. The second kappa shape index (κ2) is 6.81. The van der Waals surface area contributed by atoms with Crippen LogP contribution in [0.2, 0.25) is 0 Å². The monoisotopic (exact) mass is 295 g/mol. The van der Waals surface area contributed by atoms with E-state index in [4.69, 9.17) is 5.11 Å². The number of thiophene rings is 1. The quantitative estimate of drug-likeness (QED) is 0.860. The maximum atomic E-state index is 13.6. The average Bonchev–Trinajstić information content (AvgIpc) is 2.88. The van der Waals surface area contributed by atoms with E-state index >= 15 is 0 Å². The molecule has 1 unspecified atom stereocenters. The molecule has 0 saturated carbocycles. The predicted octanol–water partition coefficient (Wildman–Crippen LogP) is 3.18. The van der Waals surface area contributed by atoms with E-state index in [2.05, 4.69) is 5.32 Å². The minimum absolute atomic E-state index is 0.127. The smallest absolute Gasteiger partial charge is 0.261 e. The Bertz CT molecular complexity index is 597. The summed E-state index contributed by atoms with van der Waals surface area (Å²) in [4.78, 5) is 12.6. The Balaban J connectivity index is 2.06. The van der Waals surface area contributed by atoms with Crippen LogP contribution in [0.15, 0.2) is 24.3 Å². The molecule has 20 heavy (non-hydrogen) atoms. The van der Waals surface area contributed by atoms with Gasteiger partial charge in [0, 0.05) is 23.2 Å². The standard InChI is InChI=1S/C15H18FNO2S/c1-2-10(6-7-18)9-17-15(19)14-8-11-12(16)4-3-5-13(11)20-14/h3-5,8,10,18H,2,6-7,9H2,1H3,(H,17,19). The summed E-state index contributed by atoms with van der Waals surface area (Å²) in [5.74, 6) is -0.207. The van der Waals surface area contributed by atoms with Crippen molar-refractivity contribution in [1.29, 1.82) is 0 Å². The highest BCUT2D eigenvalue weighted by Gasteiger charge is 2.14. The summed E-state index contributed by atoms with van der Waals surface area (Å²) in [6.45, 7) is 2.69. The van der Waals surface area contributed by atoms with Crippen LogP contribution in [0.25, 0.3) is 10.1 Å². The lowest BCUT2D eigenvalue weighted by Crippen LogP contribution is -2.28. The van der Waals surface area contributed by atoms with Gasteiger partial charge in [0.15, 0.2) is 0 Å². The van der Waals surface area contributed by atoms with Crippen LogP contribution in [0.5, 0.6) is 0 Å². The number of hydrogen-bond acceptors (Lipinski definition) is 3.